The minimum atomic E-state index is -0.648. The minimum absolute atomic E-state index is 0.269. The van der Waals surface area contributed by atoms with Crippen molar-refractivity contribution in [2.45, 2.75) is 77.8 Å². The van der Waals surface area contributed by atoms with Gasteiger partial charge in [-0.05, 0) is 38.1 Å². The number of carboxylic acids is 1. The number of piperidine rings is 1. The summed E-state index contributed by atoms with van der Waals surface area (Å²) in [6, 6.07) is 0.842. The fourth-order valence-corrected chi connectivity index (χ4v) is 3.09. The van der Waals surface area contributed by atoms with Gasteiger partial charge in [0.05, 0.1) is 6.42 Å². The number of hydrogen-bond acceptors (Lipinski definition) is 2. The summed E-state index contributed by atoms with van der Waals surface area (Å²) in [5.74, 6) is 0.0904. The van der Waals surface area contributed by atoms with Gasteiger partial charge in [-0.15, -0.1) is 0 Å². The van der Waals surface area contributed by atoms with Crippen LogP contribution in [-0.4, -0.2) is 34.6 Å². The Bertz CT molecular complexity index is 255. The highest BCUT2D eigenvalue weighted by Gasteiger charge is 2.29. The maximum absolute atomic E-state index is 11.0. The molecule has 1 rings (SSSR count). The van der Waals surface area contributed by atoms with Crippen molar-refractivity contribution >= 4 is 5.97 Å². The molecule has 0 aromatic heterocycles. The van der Waals surface area contributed by atoms with Gasteiger partial charge in [-0.1, -0.05) is 33.6 Å². The molecule has 1 fully saturated rings. The van der Waals surface area contributed by atoms with Crippen LogP contribution in [0.1, 0.15) is 65.7 Å². The molecule has 3 heteroatoms. The highest BCUT2D eigenvalue weighted by atomic mass is 16.4. The van der Waals surface area contributed by atoms with Crippen LogP contribution in [0.4, 0.5) is 0 Å². The molecule has 18 heavy (non-hydrogen) atoms. The zero-order valence-corrected chi connectivity index (χ0v) is 12.2. The number of rotatable bonds is 7. The van der Waals surface area contributed by atoms with Gasteiger partial charge >= 0.3 is 5.97 Å². The van der Waals surface area contributed by atoms with Gasteiger partial charge in [0, 0.05) is 12.1 Å². The fraction of sp³-hybridized carbons (Fsp3) is 0.933. The molecule has 3 atom stereocenters. The number of carbonyl (C=O) groups is 1. The third-order valence-electron chi connectivity index (χ3n) is 4.39. The van der Waals surface area contributed by atoms with Crippen molar-refractivity contribution in [1.82, 2.24) is 4.90 Å². The molecule has 1 N–H and O–H groups in total. The Morgan fingerprint density at radius 2 is 2.06 bits per heavy atom. The maximum atomic E-state index is 11.0. The molecule has 1 aliphatic rings. The number of likely N-dealkylation sites (tertiary alicyclic amines) is 1. The van der Waals surface area contributed by atoms with Crippen LogP contribution < -0.4 is 0 Å². The molecular formula is C15H29NO2. The number of carboxylic acid groups (broad SMARTS) is 1. The third-order valence-corrected chi connectivity index (χ3v) is 4.39. The SMILES string of the molecule is CCC(C)CC(CC)N1CCCCC1CC(=O)O. The summed E-state index contributed by atoms with van der Waals surface area (Å²) < 4.78 is 0. The summed E-state index contributed by atoms with van der Waals surface area (Å²) >= 11 is 0. The van der Waals surface area contributed by atoms with E-state index in [1.807, 2.05) is 0 Å². The van der Waals surface area contributed by atoms with Crippen LogP contribution in [0.3, 0.4) is 0 Å². The molecule has 1 heterocycles. The second-order valence-corrected chi connectivity index (χ2v) is 5.80. The summed E-state index contributed by atoms with van der Waals surface area (Å²) in [7, 11) is 0. The Balaban J connectivity index is 2.63. The van der Waals surface area contributed by atoms with E-state index in [9.17, 15) is 4.79 Å². The first-order valence-electron chi connectivity index (χ1n) is 7.55. The van der Waals surface area contributed by atoms with E-state index >= 15 is 0 Å². The Hall–Kier alpha value is -0.570. The lowest BCUT2D eigenvalue weighted by atomic mass is 9.91. The van der Waals surface area contributed by atoms with Gasteiger partial charge in [0.1, 0.15) is 0 Å². The van der Waals surface area contributed by atoms with Gasteiger partial charge in [-0.2, -0.15) is 0 Å². The Labute approximate surface area is 112 Å². The lowest BCUT2D eigenvalue weighted by Crippen LogP contribution is -2.47. The molecule has 0 spiro atoms. The molecule has 106 valence electrons. The molecule has 0 aromatic rings. The molecule has 0 aromatic carbocycles. The predicted molar refractivity (Wildman–Crippen MR) is 74.7 cm³/mol. The van der Waals surface area contributed by atoms with Crippen molar-refractivity contribution in [3.8, 4) is 0 Å². The molecule has 1 saturated heterocycles. The Morgan fingerprint density at radius 1 is 1.33 bits per heavy atom. The quantitative estimate of drug-likeness (QED) is 0.756. The van der Waals surface area contributed by atoms with Crippen LogP contribution in [0.15, 0.2) is 0 Å². The molecule has 3 unspecified atom stereocenters. The molecule has 1 aliphatic heterocycles. The van der Waals surface area contributed by atoms with Crippen LogP contribution in [0, 0.1) is 5.92 Å². The largest absolute Gasteiger partial charge is 0.481 e. The summed E-state index contributed by atoms with van der Waals surface area (Å²) in [5, 5.41) is 9.04. The van der Waals surface area contributed by atoms with Gasteiger partial charge < -0.3 is 5.11 Å². The van der Waals surface area contributed by atoms with Crippen molar-refractivity contribution in [3.63, 3.8) is 0 Å². The molecule has 3 nitrogen and oxygen atoms in total. The van der Waals surface area contributed by atoms with E-state index < -0.39 is 5.97 Å². The van der Waals surface area contributed by atoms with Gasteiger partial charge in [0.15, 0.2) is 0 Å². The molecule has 0 amide bonds. The molecule has 0 saturated carbocycles. The number of aliphatic carboxylic acids is 1. The zero-order chi connectivity index (χ0) is 13.5. The summed E-state index contributed by atoms with van der Waals surface area (Å²) in [6.07, 6.45) is 7.36. The van der Waals surface area contributed by atoms with E-state index in [0.717, 1.165) is 25.3 Å². The Morgan fingerprint density at radius 3 is 2.61 bits per heavy atom. The lowest BCUT2D eigenvalue weighted by Gasteiger charge is -2.41. The second kappa shape index (κ2) is 7.78. The number of hydrogen-bond donors (Lipinski definition) is 1. The van der Waals surface area contributed by atoms with Gasteiger partial charge in [0.2, 0.25) is 0 Å². The van der Waals surface area contributed by atoms with Crippen LogP contribution in [0.5, 0.6) is 0 Å². The third kappa shape index (κ3) is 4.60. The maximum Gasteiger partial charge on any atom is 0.304 e. The first-order chi connectivity index (χ1) is 8.58. The average Bonchev–Trinajstić information content (AvgIpc) is 2.36. The summed E-state index contributed by atoms with van der Waals surface area (Å²) in [4.78, 5) is 13.5. The van der Waals surface area contributed by atoms with Crippen molar-refractivity contribution < 1.29 is 9.90 Å². The normalized spacial score (nSPS) is 24.7. The second-order valence-electron chi connectivity index (χ2n) is 5.80. The first-order valence-corrected chi connectivity index (χ1v) is 7.55. The monoisotopic (exact) mass is 255 g/mol. The topological polar surface area (TPSA) is 40.5 Å². The molecule has 0 radical (unpaired) electrons. The molecular weight excluding hydrogens is 226 g/mol. The lowest BCUT2D eigenvalue weighted by molar-refractivity contribution is -0.139. The standard InChI is InChI=1S/C15H29NO2/c1-4-12(3)10-13(5-2)16-9-7-6-8-14(16)11-15(17)18/h12-14H,4-11H2,1-3H3,(H,17,18). The van der Waals surface area contributed by atoms with Crippen molar-refractivity contribution in [2.75, 3.05) is 6.54 Å². The fourth-order valence-electron chi connectivity index (χ4n) is 3.09. The minimum Gasteiger partial charge on any atom is -0.481 e. The highest BCUT2D eigenvalue weighted by Crippen LogP contribution is 2.27. The van der Waals surface area contributed by atoms with Crippen molar-refractivity contribution in [3.05, 3.63) is 0 Å². The smallest absolute Gasteiger partial charge is 0.304 e. The van der Waals surface area contributed by atoms with Crippen LogP contribution in [0.25, 0.3) is 0 Å². The van der Waals surface area contributed by atoms with Gasteiger partial charge in [0.25, 0.3) is 0 Å². The predicted octanol–water partition coefficient (Wildman–Crippen LogP) is 3.53. The molecule has 0 bridgehead atoms. The van der Waals surface area contributed by atoms with E-state index in [1.165, 1.54) is 25.7 Å². The van der Waals surface area contributed by atoms with Crippen molar-refractivity contribution in [1.29, 1.82) is 0 Å². The summed E-state index contributed by atoms with van der Waals surface area (Å²) in [5.41, 5.74) is 0. The number of nitrogens with zero attached hydrogens (tertiary/aromatic N) is 1. The van der Waals surface area contributed by atoms with Gasteiger partial charge in [-0.3, -0.25) is 9.69 Å². The highest BCUT2D eigenvalue weighted by molar-refractivity contribution is 5.67. The van der Waals surface area contributed by atoms with E-state index in [0.29, 0.717) is 12.5 Å². The van der Waals surface area contributed by atoms with Gasteiger partial charge in [-0.25, -0.2) is 0 Å². The van der Waals surface area contributed by atoms with Crippen LogP contribution >= 0.6 is 0 Å². The van der Waals surface area contributed by atoms with Crippen LogP contribution in [0.2, 0.25) is 0 Å². The first kappa shape index (κ1) is 15.5. The van der Waals surface area contributed by atoms with E-state index in [-0.39, 0.29) is 6.04 Å². The zero-order valence-electron chi connectivity index (χ0n) is 12.2. The van der Waals surface area contributed by atoms with Crippen molar-refractivity contribution in [2.24, 2.45) is 5.92 Å². The van der Waals surface area contributed by atoms with E-state index in [4.69, 9.17) is 5.11 Å². The van der Waals surface area contributed by atoms with Crippen LogP contribution in [-0.2, 0) is 4.79 Å². The van der Waals surface area contributed by atoms with E-state index in [1.54, 1.807) is 0 Å². The average molecular weight is 255 g/mol. The molecule has 0 aliphatic carbocycles. The summed E-state index contributed by atoms with van der Waals surface area (Å²) in [6.45, 7) is 7.87. The van der Waals surface area contributed by atoms with E-state index in [2.05, 4.69) is 25.7 Å². The Kier molecular flexibility index (Phi) is 6.69.